The molecule has 0 atom stereocenters. The van der Waals surface area contributed by atoms with Crippen LogP contribution in [0.3, 0.4) is 0 Å². The molecule has 1 saturated heterocycles. The van der Waals surface area contributed by atoms with E-state index in [1.807, 2.05) is 66.7 Å². The van der Waals surface area contributed by atoms with Crippen LogP contribution >= 0.6 is 15.8 Å². The number of rotatable bonds is 6. The molecule has 0 N–H and O–H groups in total. The van der Waals surface area contributed by atoms with Crippen molar-refractivity contribution in [1.29, 1.82) is 0 Å². The zero-order valence-corrected chi connectivity index (χ0v) is 18.0. The van der Waals surface area contributed by atoms with Gasteiger partial charge in [-0.1, -0.05) is 68.4 Å². The van der Waals surface area contributed by atoms with Gasteiger partial charge in [0.15, 0.2) is 8.37 Å². The maximum Gasteiger partial charge on any atom is 0.303 e. The SMILES string of the molecule is CCN(CC)P1N(c2ccccc2)P(=O)(c2ccccc2)N1c1ccccc1. The van der Waals surface area contributed by atoms with Gasteiger partial charge in [-0.2, -0.15) is 0 Å². The van der Waals surface area contributed by atoms with E-state index in [1.54, 1.807) is 0 Å². The number of nitrogens with zero attached hydrogens (tertiary/aromatic N) is 3. The third-order valence-electron chi connectivity index (χ3n) is 4.90. The van der Waals surface area contributed by atoms with Gasteiger partial charge in [-0.25, -0.2) is 4.67 Å². The van der Waals surface area contributed by atoms with Gasteiger partial charge in [0, 0.05) is 13.1 Å². The first-order valence-corrected chi connectivity index (χ1v) is 12.4. The molecule has 1 aliphatic rings. The summed E-state index contributed by atoms with van der Waals surface area (Å²) in [5, 5.41) is 0.869. The number of anilines is 2. The summed E-state index contributed by atoms with van der Waals surface area (Å²) in [5.41, 5.74) is 2.03. The van der Waals surface area contributed by atoms with E-state index in [4.69, 9.17) is 0 Å². The van der Waals surface area contributed by atoms with Gasteiger partial charge < -0.3 is 0 Å². The van der Waals surface area contributed by atoms with Crippen LogP contribution in [0, 0.1) is 0 Å². The fourth-order valence-electron chi connectivity index (χ4n) is 3.55. The van der Waals surface area contributed by atoms with E-state index < -0.39 is 15.8 Å². The molecule has 1 heterocycles. The molecule has 4 nitrogen and oxygen atoms in total. The summed E-state index contributed by atoms with van der Waals surface area (Å²) in [4.78, 5) is 0. The Labute approximate surface area is 168 Å². The van der Waals surface area contributed by atoms with Gasteiger partial charge in [0.25, 0.3) is 0 Å². The van der Waals surface area contributed by atoms with Gasteiger partial charge in [-0.15, -0.1) is 0 Å². The zero-order valence-electron chi connectivity index (χ0n) is 16.2. The van der Waals surface area contributed by atoms with E-state index in [9.17, 15) is 4.57 Å². The van der Waals surface area contributed by atoms with Crippen molar-refractivity contribution in [2.45, 2.75) is 13.8 Å². The van der Waals surface area contributed by atoms with Crippen molar-refractivity contribution >= 4 is 32.5 Å². The molecule has 3 aromatic rings. The van der Waals surface area contributed by atoms with Crippen LogP contribution in [0.1, 0.15) is 13.8 Å². The number of hydrogen-bond donors (Lipinski definition) is 0. The smallest absolute Gasteiger partial charge is 0.269 e. The van der Waals surface area contributed by atoms with Crippen molar-refractivity contribution in [3.63, 3.8) is 0 Å². The predicted molar refractivity (Wildman–Crippen MR) is 121 cm³/mol. The summed E-state index contributed by atoms with van der Waals surface area (Å²) in [5.74, 6) is 0. The second-order valence-electron chi connectivity index (χ2n) is 6.54. The minimum Gasteiger partial charge on any atom is -0.269 e. The first kappa shape index (κ1) is 19.2. The third-order valence-corrected chi connectivity index (χ3v) is 12.0. The lowest BCUT2D eigenvalue weighted by molar-refractivity contribution is 0.500. The molecule has 0 radical (unpaired) electrons. The van der Waals surface area contributed by atoms with E-state index >= 15 is 0 Å². The van der Waals surface area contributed by atoms with E-state index in [-0.39, 0.29) is 0 Å². The molecule has 144 valence electrons. The summed E-state index contributed by atoms with van der Waals surface area (Å²) in [7, 11) is -3.91. The molecule has 0 spiro atoms. The number of hydrogen-bond acceptors (Lipinski definition) is 2. The summed E-state index contributed by atoms with van der Waals surface area (Å²) < 4.78 is 21.5. The Morgan fingerprint density at radius 1 is 0.714 bits per heavy atom. The molecule has 0 unspecified atom stereocenters. The first-order valence-electron chi connectivity index (χ1n) is 9.63. The molecule has 0 amide bonds. The average Bonchev–Trinajstić information content (AvgIpc) is 2.76. The summed E-state index contributed by atoms with van der Waals surface area (Å²) in [6.45, 7) is 6.15. The highest BCUT2D eigenvalue weighted by atomic mass is 31.3. The van der Waals surface area contributed by atoms with Crippen molar-refractivity contribution in [2.24, 2.45) is 0 Å². The molecule has 1 aliphatic heterocycles. The van der Waals surface area contributed by atoms with Gasteiger partial charge in [-0.3, -0.25) is 13.4 Å². The van der Waals surface area contributed by atoms with Crippen LogP contribution in [-0.2, 0) is 4.57 Å². The van der Waals surface area contributed by atoms with Gasteiger partial charge in [-0.05, 0) is 36.4 Å². The lowest BCUT2D eigenvalue weighted by Gasteiger charge is -2.60. The van der Waals surface area contributed by atoms with Crippen molar-refractivity contribution in [3.05, 3.63) is 91.0 Å². The predicted octanol–water partition coefficient (Wildman–Crippen LogP) is 6.10. The van der Waals surface area contributed by atoms with Crippen LogP contribution in [0.2, 0.25) is 0 Å². The summed E-state index contributed by atoms with van der Waals surface area (Å²) >= 11 is 0. The molecule has 6 heteroatoms. The minimum atomic E-state index is -2.99. The van der Waals surface area contributed by atoms with Crippen LogP contribution in [0.4, 0.5) is 11.4 Å². The Morgan fingerprint density at radius 3 is 1.50 bits per heavy atom. The fraction of sp³-hybridized carbons (Fsp3) is 0.182. The van der Waals surface area contributed by atoms with Gasteiger partial charge in [0.2, 0.25) is 0 Å². The number of benzene rings is 3. The van der Waals surface area contributed by atoms with Gasteiger partial charge in [0.1, 0.15) is 0 Å². The van der Waals surface area contributed by atoms with Crippen LogP contribution < -0.4 is 14.2 Å². The largest absolute Gasteiger partial charge is 0.303 e. The Hall–Kier alpha value is -2.12. The molecule has 0 saturated carbocycles. The summed E-state index contributed by atoms with van der Waals surface area (Å²) in [6.07, 6.45) is 0. The monoisotopic (exact) mass is 409 g/mol. The quantitative estimate of drug-likeness (QED) is 0.460. The van der Waals surface area contributed by atoms with Crippen molar-refractivity contribution in [1.82, 2.24) is 4.67 Å². The highest BCUT2D eigenvalue weighted by Gasteiger charge is 2.59. The van der Waals surface area contributed by atoms with E-state index in [2.05, 4.69) is 51.7 Å². The maximum absolute atomic E-state index is 14.7. The Morgan fingerprint density at radius 2 is 1.11 bits per heavy atom. The molecular formula is C22H25N3OP2. The Kier molecular flexibility index (Phi) is 5.55. The van der Waals surface area contributed by atoms with Crippen LogP contribution in [0.25, 0.3) is 0 Å². The van der Waals surface area contributed by atoms with Gasteiger partial charge >= 0.3 is 7.44 Å². The van der Waals surface area contributed by atoms with E-state index in [1.165, 1.54) is 0 Å². The van der Waals surface area contributed by atoms with Gasteiger partial charge in [0.05, 0.1) is 16.7 Å². The van der Waals surface area contributed by atoms with Crippen LogP contribution in [0.15, 0.2) is 91.0 Å². The molecule has 0 aliphatic carbocycles. The lowest BCUT2D eigenvalue weighted by atomic mass is 10.3. The standard InChI is InChI=1S/C22H25N3OP2/c1-3-23(4-2)27-24(20-14-8-5-9-15-20)28(26,22-18-12-7-13-19-22)25(27)21-16-10-6-11-17-21/h5-19H,3-4H2,1-2H3. The molecular weight excluding hydrogens is 384 g/mol. The van der Waals surface area contributed by atoms with Crippen LogP contribution in [-0.4, -0.2) is 17.8 Å². The van der Waals surface area contributed by atoms with Crippen molar-refractivity contribution in [3.8, 4) is 0 Å². The maximum atomic E-state index is 14.7. The molecule has 1 fully saturated rings. The van der Waals surface area contributed by atoms with Crippen LogP contribution in [0.5, 0.6) is 0 Å². The van der Waals surface area contributed by atoms with E-state index in [0.717, 1.165) is 29.8 Å². The highest BCUT2D eigenvalue weighted by molar-refractivity contribution is 8.00. The Balaban J connectivity index is 1.92. The first-order chi connectivity index (χ1) is 13.7. The highest BCUT2D eigenvalue weighted by Crippen LogP contribution is 2.83. The van der Waals surface area contributed by atoms with Crippen molar-refractivity contribution in [2.75, 3.05) is 22.0 Å². The zero-order chi connectivity index (χ0) is 19.6. The lowest BCUT2D eigenvalue weighted by Crippen LogP contribution is -2.50. The fourth-order valence-corrected chi connectivity index (χ4v) is 10.9. The molecule has 3 aromatic carbocycles. The average molecular weight is 409 g/mol. The number of para-hydroxylation sites is 2. The van der Waals surface area contributed by atoms with Crippen molar-refractivity contribution < 1.29 is 4.57 Å². The third kappa shape index (κ3) is 3.06. The normalized spacial score (nSPS) is 21.6. The topological polar surface area (TPSA) is 26.8 Å². The Bertz CT molecular complexity index is 898. The molecule has 28 heavy (non-hydrogen) atoms. The van der Waals surface area contributed by atoms with E-state index in [0.29, 0.717) is 0 Å². The second kappa shape index (κ2) is 8.09. The molecule has 4 rings (SSSR count). The molecule has 0 aromatic heterocycles. The minimum absolute atomic E-state index is 0.869. The molecule has 0 bridgehead atoms. The second-order valence-corrected chi connectivity index (χ2v) is 11.5. The summed E-state index contributed by atoms with van der Waals surface area (Å²) in [6, 6.07) is 30.2.